The van der Waals surface area contributed by atoms with Crippen molar-refractivity contribution < 1.29 is 28.3 Å². The zero-order valence-electron chi connectivity index (χ0n) is 11.6. The standard InChI is InChI=1S/C14H21O2.Li/c1-5-15-11(3)13-8-7-9-14(10-13)12(4)16-6-2;/h8-12H,5-6H2,1-4H3;/q-1;+1/t11-,12-;/m0./s1. The van der Waals surface area contributed by atoms with E-state index in [0.29, 0.717) is 0 Å². The first-order valence-corrected chi connectivity index (χ1v) is 5.93. The largest absolute Gasteiger partial charge is 1.00 e. The van der Waals surface area contributed by atoms with Crippen molar-refractivity contribution in [3.8, 4) is 0 Å². The minimum atomic E-state index is 0. The second kappa shape index (κ2) is 8.77. The Balaban J connectivity index is 0.00000256. The number of benzene rings is 1. The fourth-order valence-corrected chi connectivity index (χ4v) is 1.67. The van der Waals surface area contributed by atoms with Crippen molar-refractivity contribution in [3.05, 3.63) is 35.4 Å². The topological polar surface area (TPSA) is 18.5 Å². The molecule has 90 valence electrons. The van der Waals surface area contributed by atoms with E-state index in [9.17, 15) is 0 Å². The Hall–Kier alpha value is -0.263. The summed E-state index contributed by atoms with van der Waals surface area (Å²) >= 11 is 0. The normalized spacial score (nSPS) is 13.9. The van der Waals surface area contributed by atoms with E-state index < -0.39 is 0 Å². The first-order valence-electron chi connectivity index (χ1n) is 5.93. The average Bonchev–Trinajstić information content (AvgIpc) is 2.30. The van der Waals surface area contributed by atoms with E-state index in [1.165, 1.54) is 0 Å². The Bertz CT molecular complexity index is 288. The number of ether oxygens (including phenoxy) is 2. The fraction of sp³-hybridized carbons (Fsp3) is 0.571. The van der Waals surface area contributed by atoms with Gasteiger partial charge in [0.2, 0.25) is 0 Å². The van der Waals surface area contributed by atoms with E-state index in [1.54, 1.807) is 0 Å². The van der Waals surface area contributed by atoms with Crippen molar-refractivity contribution in [3.63, 3.8) is 0 Å². The van der Waals surface area contributed by atoms with Gasteiger partial charge in [-0.3, -0.25) is 0 Å². The van der Waals surface area contributed by atoms with Gasteiger partial charge in [0.05, 0.1) is 0 Å². The SMILES string of the molecule is CCO[C@@H](C)c1c[c-]cc([C@H](C)OCC)c1.[Li+]. The summed E-state index contributed by atoms with van der Waals surface area (Å²) in [5, 5.41) is 0. The van der Waals surface area contributed by atoms with Crippen LogP contribution >= 0.6 is 0 Å². The molecule has 0 spiro atoms. The Morgan fingerprint density at radius 3 is 1.76 bits per heavy atom. The Kier molecular flexibility index (Phi) is 8.64. The fourth-order valence-electron chi connectivity index (χ4n) is 1.67. The molecule has 1 aromatic rings. The predicted molar refractivity (Wildman–Crippen MR) is 65.4 cm³/mol. The van der Waals surface area contributed by atoms with Crippen LogP contribution in [0.4, 0.5) is 0 Å². The van der Waals surface area contributed by atoms with Crippen LogP contribution in [-0.4, -0.2) is 13.2 Å². The molecule has 1 aromatic carbocycles. The van der Waals surface area contributed by atoms with Crippen molar-refractivity contribution in [2.45, 2.75) is 39.9 Å². The van der Waals surface area contributed by atoms with Crippen LogP contribution in [0.25, 0.3) is 0 Å². The molecule has 0 aliphatic heterocycles. The predicted octanol–water partition coefficient (Wildman–Crippen LogP) is 0.686. The average molecular weight is 228 g/mol. The van der Waals surface area contributed by atoms with Gasteiger partial charge in [-0.05, 0) is 27.7 Å². The van der Waals surface area contributed by atoms with Gasteiger partial charge in [-0.1, -0.05) is 0 Å². The minimum absolute atomic E-state index is 0. The molecule has 0 aliphatic rings. The van der Waals surface area contributed by atoms with E-state index in [4.69, 9.17) is 9.47 Å². The maximum Gasteiger partial charge on any atom is 1.00 e. The molecule has 0 aromatic heterocycles. The smallest absolute Gasteiger partial charge is 0.386 e. The van der Waals surface area contributed by atoms with Crippen LogP contribution in [0.5, 0.6) is 0 Å². The van der Waals surface area contributed by atoms with Crippen LogP contribution in [0.3, 0.4) is 0 Å². The third-order valence-electron chi connectivity index (χ3n) is 2.61. The number of hydrogen-bond acceptors (Lipinski definition) is 2. The monoisotopic (exact) mass is 228 g/mol. The Labute approximate surface area is 117 Å². The minimum Gasteiger partial charge on any atom is -0.386 e. The molecule has 0 fully saturated rings. The Morgan fingerprint density at radius 1 is 1.00 bits per heavy atom. The summed E-state index contributed by atoms with van der Waals surface area (Å²) in [5.41, 5.74) is 2.32. The van der Waals surface area contributed by atoms with E-state index in [1.807, 2.05) is 26.0 Å². The van der Waals surface area contributed by atoms with Crippen molar-refractivity contribution in [1.29, 1.82) is 0 Å². The van der Waals surface area contributed by atoms with Gasteiger partial charge in [0.25, 0.3) is 0 Å². The van der Waals surface area contributed by atoms with Gasteiger partial charge in [0.1, 0.15) is 0 Å². The zero-order valence-corrected chi connectivity index (χ0v) is 11.6. The van der Waals surface area contributed by atoms with Gasteiger partial charge >= 0.3 is 18.9 Å². The number of rotatable bonds is 6. The molecule has 0 saturated carbocycles. The van der Waals surface area contributed by atoms with Crippen molar-refractivity contribution >= 4 is 0 Å². The molecular formula is C14H21LiO2. The summed E-state index contributed by atoms with van der Waals surface area (Å²) in [4.78, 5) is 0. The summed E-state index contributed by atoms with van der Waals surface area (Å²) < 4.78 is 11.1. The summed E-state index contributed by atoms with van der Waals surface area (Å²) in [5.74, 6) is 0. The molecule has 0 bridgehead atoms. The molecule has 0 amide bonds. The maximum atomic E-state index is 5.56. The first kappa shape index (κ1) is 16.7. The first-order chi connectivity index (χ1) is 7.69. The van der Waals surface area contributed by atoms with Gasteiger partial charge in [0, 0.05) is 25.4 Å². The number of hydrogen-bond donors (Lipinski definition) is 0. The van der Waals surface area contributed by atoms with Gasteiger partial charge in [-0.15, -0.1) is 11.1 Å². The molecule has 0 saturated heterocycles. The van der Waals surface area contributed by atoms with Crippen LogP contribution < -0.4 is 18.9 Å². The van der Waals surface area contributed by atoms with Crippen LogP contribution in [-0.2, 0) is 9.47 Å². The molecule has 17 heavy (non-hydrogen) atoms. The summed E-state index contributed by atoms with van der Waals surface area (Å²) in [6, 6.07) is 9.23. The third kappa shape index (κ3) is 5.27. The van der Waals surface area contributed by atoms with Crippen LogP contribution in [0.2, 0.25) is 0 Å². The van der Waals surface area contributed by atoms with E-state index >= 15 is 0 Å². The quantitative estimate of drug-likeness (QED) is 0.527. The summed E-state index contributed by atoms with van der Waals surface area (Å²) in [6.07, 6.45) is 0.241. The van der Waals surface area contributed by atoms with Crippen LogP contribution in [0.1, 0.15) is 51.0 Å². The second-order valence-corrected chi connectivity index (χ2v) is 3.79. The Morgan fingerprint density at radius 2 is 1.41 bits per heavy atom. The molecular weight excluding hydrogens is 207 g/mol. The van der Waals surface area contributed by atoms with Crippen LogP contribution in [0.15, 0.2) is 18.2 Å². The van der Waals surface area contributed by atoms with Crippen molar-refractivity contribution in [2.24, 2.45) is 0 Å². The van der Waals surface area contributed by atoms with Gasteiger partial charge in [-0.25, -0.2) is 0 Å². The molecule has 0 aliphatic carbocycles. The van der Waals surface area contributed by atoms with Crippen molar-refractivity contribution in [1.82, 2.24) is 0 Å². The van der Waals surface area contributed by atoms with Crippen LogP contribution in [0, 0.1) is 6.07 Å². The van der Waals surface area contributed by atoms with E-state index in [-0.39, 0.29) is 31.1 Å². The zero-order chi connectivity index (χ0) is 12.0. The van der Waals surface area contributed by atoms with E-state index in [2.05, 4.69) is 26.0 Å². The second-order valence-electron chi connectivity index (χ2n) is 3.79. The van der Waals surface area contributed by atoms with Gasteiger partial charge in [-0.2, -0.15) is 24.3 Å². The van der Waals surface area contributed by atoms with Gasteiger partial charge in [0.15, 0.2) is 0 Å². The third-order valence-corrected chi connectivity index (χ3v) is 2.61. The molecule has 0 heterocycles. The van der Waals surface area contributed by atoms with Gasteiger partial charge < -0.3 is 9.47 Å². The molecule has 0 radical (unpaired) electrons. The molecule has 0 unspecified atom stereocenters. The molecule has 2 atom stereocenters. The van der Waals surface area contributed by atoms with Crippen molar-refractivity contribution in [2.75, 3.05) is 13.2 Å². The maximum absolute atomic E-state index is 5.56. The molecule has 2 nitrogen and oxygen atoms in total. The molecule has 0 N–H and O–H groups in total. The molecule has 3 heteroatoms. The summed E-state index contributed by atoms with van der Waals surface area (Å²) in [6.45, 7) is 9.59. The summed E-state index contributed by atoms with van der Waals surface area (Å²) in [7, 11) is 0. The van der Waals surface area contributed by atoms with E-state index in [0.717, 1.165) is 24.3 Å². The molecule has 1 rings (SSSR count).